The minimum atomic E-state index is -0.622. The number of amides is 2. The minimum Gasteiger partial charge on any atom is -0.483 e. The number of carbonyl (C=O) groups is 2. The summed E-state index contributed by atoms with van der Waals surface area (Å²) >= 11 is 5.97. The standard InChI is InChI=1S/C24H31ClN2O3/c1-5-14-26-24(29)18(4)27(15-19-10-12-20(25)13-11-19)23(28)16-30-22-9-7-6-8-21(22)17(2)3/h6-13,17-18H,5,14-16H2,1-4H3,(H,26,29)/t18-/m1/s1. The minimum absolute atomic E-state index is 0.136. The lowest BCUT2D eigenvalue weighted by atomic mass is 10.0. The first-order chi connectivity index (χ1) is 14.3. The smallest absolute Gasteiger partial charge is 0.261 e. The predicted octanol–water partition coefficient (Wildman–Crippen LogP) is 4.79. The fourth-order valence-electron chi connectivity index (χ4n) is 3.08. The number of hydrogen-bond donors (Lipinski definition) is 1. The van der Waals surface area contributed by atoms with Crippen molar-refractivity contribution in [3.8, 4) is 5.75 Å². The summed E-state index contributed by atoms with van der Waals surface area (Å²) in [7, 11) is 0. The molecule has 0 aliphatic heterocycles. The van der Waals surface area contributed by atoms with Gasteiger partial charge in [0, 0.05) is 18.1 Å². The van der Waals surface area contributed by atoms with Gasteiger partial charge in [0.25, 0.3) is 5.91 Å². The maximum atomic E-state index is 13.1. The molecule has 0 aromatic heterocycles. The number of nitrogens with zero attached hydrogens (tertiary/aromatic N) is 1. The zero-order valence-electron chi connectivity index (χ0n) is 18.2. The Morgan fingerprint density at radius 3 is 2.37 bits per heavy atom. The lowest BCUT2D eigenvalue weighted by Gasteiger charge is -2.29. The molecule has 0 radical (unpaired) electrons. The van der Waals surface area contributed by atoms with Crippen LogP contribution < -0.4 is 10.1 Å². The molecule has 2 aromatic carbocycles. The fraction of sp³-hybridized carbons (Fsp3) is 0.417. The van der Waals surface area contributed by atoms with Crippen molar-refractivity contribution >= 4 is 23.4 Å². The highest BCUT2D eigenvalue weighted by Crippen LogP contribution is 2.26. The number of rotatable bonds is 10. The van der Waals surface area contributed by atoms with Crippen molar-refractivity contribution in [3.63, 3.8) is 0 Å². The number of carbonyl (C=O) groups excluding carboxylic acids is 2. The Morgan fingerprint density at radius 1 is 1.07 bits per heavy atom. The summed E-state index contributed by atoms with van der Waals surface area (Å²) in [6.45, 7) is 8.62. The molecule has 0 saturated heterocycles. The van der Waals surface area contributed by atoms with Crippen LogP contribution in [0.2, 0.25) is 5.02 Å². The SMILES string of the molecule is CCCNC(=O)[C@@H](C)N(Cc1ccc(Cl)cc1)C(=O)COc1ccccc1C(C)C. The van der Waals surface area contributed by atoms with Gasteiger partial charge in [-0.2, -0.15) is 0 Å². The molecule has 6 heteroatoms. The van der Waals surface area contributed by atoms with Gasteiger partial charge in [-0.3, -0.25) is 9.59 Å². The average molecular weight is 431 g/mol. The lowest BCUT2D eigenvalue weighted by Crippen LogP contribution is -2.49. The first-order valence-electron chi connectivity index (χ1n) is 10.4. The van der Waals surface area contributed by atoms with E-state index in [-0.39, 0.29) is 24.3 Å². The van der Waals surface area contributed by atoms with Crippen LogP contribution in [0.5, 0.6) is 5.75 Å². The second-order valence-corrected chi connectivity index (χ2v) is 8.03. The second kappa shape index (κ2) is 11.6. The molecule has 30 heavy (non-hydrogen) atoms. The quantitative estimate of drug-likeness (QED) is 0.589. The topological polar surface area (TPSA) is 58.6 Å². The van der Waals surface area contributed by atoms with E-state index in [1.165, 1.54) is 0 Å². The van der Waals surface area contributed by atoms with Gasteiger partial charge >= 0.3 is 0 Å². The molecule has 2 amide bonds. The van der Waals surface area contributed by atoms with Gasteiger partial charge in [-0.05, 0) is 48.6 Å². The molecular weight excluding hydrogens is 400 g/mol. The van der Waals surface area contributed by atoms with Gasteiger partial charge in [0.05, 0.1) is 0 Å². The molecule has 5 nitrogen and oxygen atoms in total. The average Bonchev–Trinajstić information content (AvgIpc) is 2.75. The lowest BCUT2D eigenvalue weighted by molar-refractivity contribution is -0.142. The maximum Gasteiger partial charge on any atom is 0.261 e. The van der Waals surface area contributed by atoms with Crippen LogP contribution in [0.4, 0.5) is 0 Å². The third-order valence-electron chi connectivity index (χ3n) is 4.87. The zero-order valence-corrected chi connectivity index (χ0v) is 18.9. The summed E-state index contributed by atoms with van der Waals surface area (Å²) < 4.78 is 5.87. The number of nitrogens with one attached hydrogen (secondary N) is 1. The van der Waals surface area contributed by atoms with Gasteiger partial charge in [0.15, 0.2) is 6.61 Å². The summed E-state index contributed by atoms with van der Waals surface area (Å²) in [6.07, 6.45) is 0.832. The Balaban J connectivity index is 2.16. The molecule has 0 aliphatic carbocycles. The Bertz CT molecular complexity index is 837. The third kappa shape index (κ3) is 6.77. The molecule has 0 unspecified atom stereocenters. The second-order valence-electron chi connectivity index (χ2n) is 7.60. The van der Waals surface area contributed by atoms with E-state index < -0.39 is 6.04 Å². The van der Waals surface area contributed by atoms with Gasteiger partial charge in [-0.1, -0.05) is 62.7 Å². The highest BCUT2D eigenvalue weighted by Gasteiger charge is 2.26. The number of benzene rings is 2. The first kappa shape index (κ1) is 23.7. The number of hydrogen-bond acceptors (Lipinski definition) is 3. The molecule has 1 atom stereocenters. The van der Waals surface area contributed by atoms with Crippen molar-refractivity contribution in [1.29, 1.82) is 0 Å². The van der Waals surface area contributed by atoms with Crippen LogP contribution in [0.15, 0.2) is 48.5 Å². The monoisotopic (exact) mass is 430 g/mol. The Hall–Kier alpha value is -2.53. The van der Waals surface area contributed by atoms with E-state index in [1.807, 2.05) is 43.3 Å². The van der Waals surface area contributed by atoms with Gasteiger partial charge in [0.2, 0.25) is 5.91 Å². The highest BCUT2D eigenvalue weighted by atomic mass is 35.5. The Labute approximate surface area is 184 Å². The summed E-state index contributed by atoms with van der Waals surface area (Å²) in [5.74, 6) is 0.542. The van der Waals surface area contributed by atoms with Crippen LogP contribution in [0, 0.1) is 0 Å². The van der Waals surface area contributed by atoms with Gasteiger partial charge in [-0.15, -0.1) is 0 Å². The fourth-order valence-corrected chi connectivity index (χ4v) is 3.20. The van der Waals surface area contributed by atoms with Crippen molar-refractivity contribution in [2.24, 2.45) is 0 Å². The zero-order chi connectivity index (χ0) is 22.1. The molecule has 0 aliphatic rings. The number of halogens is 1. The van der Waals surface area contributed by atoms with E-state index in [4.69, 9.17) is 16.3 Å². The van der Waals surface area contributed by atoms with Crippen molar-refractivity contribution in [1.82, 2.24) is 10.2 Å². The number of ether oxygens (including phenoxy) is 1. The van der Waals surface area contributed by atoms with Crippen molar-refractivity contribution in [2.75, 3.05) is 13.2 Å². The van der Waals surface area contributed by atoms with Crippen LogP contribution >= 0.6 is 11.6 Å². The Morgan fingerprint density at radius 2 is 1.73 bits per heavy atom. The summed E-state index contributed by atoms with van der Waals surface area (Å²) in [5, 5.41) is 3.49. The largest absolute Gasteiger partial charge is 0.483 e. The summed E-state index contributed by atoms with van der Waals surface area (Å²) in [5.41, 5.74) is 1.94. The molecule has 0 heterocycles. The molecule has 2 rings (SSSR count). The van der Waals surface area contributed by atoms with E-state index in [0.29, 0.717) is 23.9 Å². The number of para-hydroxylation sites is 1. The highest BCUT2D eigenvalue weighted by molar-refractivity contribution is 6.30. The van der Waals surface area contributed by atoms with E-state index in [1.54, 1.807) is 24.0 Å². The van der Waals surface area contributed by atoms with Crippen LogP contribution in [-0.2, 0) is 16.1 Å². The van der Waals surface area contributed by atoms with Crippen molar-refractivity contribution in [3.05, 3.63) is 64.7 Å². The van der Waals surface area contributed by atoms with Crippen LogP contribution in [0.3, 0.4) is 0 Å². The predicted molar refractivity (Wildman–Crippen MR) is 121 cm³/mol. The van der Waals surface area contributed by atoms with E-state index in [9.17, 15) is 9.59 Å². The van der Waals surface area contributed by atoms with E-state index in [2.05, 4.69) is 19.2 Å². The molecule has 2 aromatic rings. The first-order valence-corrected chi connectivity index (χ1v) is 10.7. The molecule has 0 spiro atoms. The summed E-state index contributed by atoms with van der Waals surface area (Å²) in [4.78, 5) is 27.2. The van der Waals surface area contributed by atoms with Crippen LogP contribution in [0.25, 0.3) is 0 Å². The van der Waals surface area contributed by atoms with E-state index >= 15 is 0 Å². The normalized spacial score (nSPS) is 11.8. The molecular formula is C24H31ClN2O3. The maximum absolute atomic E-state index is 13.1. The van der Waals surface area contributed by atoms with E-state index in [0.717, 1.165) is 17.5 Å². The Kier molecular flexibility index (Phi) is 9.18. The molecule has 0 saturated carbocycles. The van der Waals surface area contributed by atoms with Gasteiger partial charge < -0.3 is 15.0 Å². The van der Waals surface area contributed by atoms with Crippen LogP contribution in [0.1, 0.15) is 51.2 Å². The third-order valence-corrected chi connectivity index (χ3v) is 5.13. The van der Waals surface area contributed by atoms with Gasteiger partial charge in [-0.25, -0.2) is 0 Å². The van der Waals surface area contributed by atoms with Crippen LogP contribution in [-0.4, -0.2) is 35.9 Å². The molecule has 0 bridgehead atoms. The molecule has 0 fully saturated rings. The van der Waals surface area contributed by atoms with Crippen molar-refractivity contribution < 1.29 is 14.3 Å². The summed E-state index contributed by atoms with van der Waals surface area (Å²) in [6, 6.07) is 14.3. The molecule has 162 valence electrons. The molecule has 1 N–H and O–H groups in total. The van der Waals surface area contributed by atoms with Gasteiger partial charge in [0.1, 0.15) is 11.8 Å². The van der Waals surface area contributed by atoms with Crippen molar-refractivity contribution in [2.45, 2.75) is 52.6 Å².